The summed E-state index contributed by atoms with van der Waals surface area (Å²) in [4.78, 5) is 13.6. The van der Waals surface area contributed by atoms with Crippen LogP contribution in [0.3, 0.4) is 0 Å². The summed E-state index contributed by atoms with van der Waals surface area (Å²) in [5.41, 5.74) is 4.56. The molecular weight excluding hydrogens is 266 g/mol. The van der Waals surface area contributed by atoms with Crippen molar-refractivity contribution in [3.63, 3.8) is 0 Å². The molecule has 1 aliphatic heterocycles. The molecule has 3 rings (SSSR count). The van der Waals surface area contributed by atoms with Crippen molar-refractivity contribution in [2.75, 3.05) is 5.32 Å². The van der Waals surface area contributed by atoms with Crippen molar-refractivity contribution in [3.8, 4) is 0 Å². The highest BCUT2D eigenvalue weighted by atomic mass is 32.2. The molecule has 3 heteroatoms. The maximum atomic E-state index is 12.3. The molecule has 0 saturated heterocycles. The molecule has 1 heterocycles. The van der Waals surface area contributed by atoms with E-state index in [2.05, 4.69) is 30.4 Å². The summed E-state index contributed by atoms with van der Waals surface area (Å²) < 4.78 is 0. The number of rotatable bonds is 2. The van der Waals surface area contributed by atoms with E-state index in [4.69, 9.17) is 0 Å². The van der Waals surface area contributed by atoms with Crippen molar-refractivity contribution >= 4 is 23.4 Å². The average molecular weight is 283 g/mol. The van der Waals surface area contributed by atoms with Crippen LogP contribution in [0, 0.1) is 13.8 Å². The Morgan fingerprint density at radius 1 is 1.15 bits per heavy atom. The van der Waals surface area contributed by atoms with Gasteiger partial charge in [0.05, 0.1) is 5.25 Å². The lowest BCUT2D eigenvalue weighted by Crippen LogP contribution is -2.24. The fourth-order valence-corrected chi connectivity index (χ4v) is 3.72. The molecule has 1 atom stereocenters. The molecule has 0 aromatic heterocycles. The Kier molecular flexibility index (Phi) is 3.53. The zero-order valence-corrected chi connectivity index (χ0v) is 12.5. The third-order valence-electron chi connectivity index (χ3n) is 3.48. The number of aryl methyl sites for hydroxylation is 2. The third kappa shape index (κ3) is 2.73. The Hall–Kier alpha value is -1.74. The second kappa shape index (κ2) is 5.33. The van der Waals surface area contributed by atoms with Gasteiger partial charge in [0.15, 0.2) is 0 Å². The van der Waals surface area contributed by atoms with E-state index in [0.29, 0.717) is 0 Å². The zero-order valence-electron chi connectivity index (χ0n) is 11.6. The molecule has 0 fully saturated rings. The van der Waals surface area contributed by atoms with E-state index in [-0.39, 0.29) is 11.2 Å². The lowest BCUT2D eigenvalue weighted by molar-refractivity contribution is -0.115. The average Bonchev–Trinajstić information content (AvgIpc) is 2.81. The number of fused-ring (bicyclic) bond motifs is 1. The highest BCUT2D eigenvalue weighted by Gasteiger charge is 2.28. The van der Waals surface area contributed by atoms with Crippen molar-refractivity contribution in [1.29, 1.82) is 0 Å². The van der Waals surface area contributed by atoms with Gasteiger partial charge in [0.1, 0.15) is 0 Å². The first-order valence-corrected chi connectivity index (χ1v) is 7.63. The van der Waals surface area contributed by atoms with Crippen LogP contribution in [-0.4, -0.2) is 11.2 Å². The van der Waals surface area contributed by atoms with Crippen LogP contribution < -0.4 is 5.32 Å². The summed E-state index contributed by atoms with van der Waals surface area (Å²) in [5.74, 6) is 0.0921. The first-order valence-electron chi connectivity index (χ1n) is 6.75. The summed E-state index contributed by atoms with van der Waals surface area (Å²) in [7, 11) is 0. The van der Waals surface area contributed by atoms with Crippen LogP contribution in [0.4, 0.5) is 5.69 Å². The van der Waals surface area contributed by atoms with Crippen LogP contribution >= 0.6 is 11.8 Å². The van der Waals surface area contributed by atoms with Gasteiger partial charge in [-0.1, -0.05) is 29.8 Å². The maximum absolute atomic E-state index is 12.3. The molecule has 0 saturated carbocycles. The van der Waals surface area contributed by atoms with Crippen molar-refractivity contribution < 1.29 is 4.79 Å². The van der Waals surface area contributed by atoms with Gasteiger partial charge in [-0.15, -0.1) is 11.8 Å². The lowest BCUT2D eigenvalue weighted by atomic mass is 10.1. The van der Waals surface area contributed by atoms with Gasteiger partial charge in [0, 0.05) is 10.6 Å². The minimum absolute atomic E-state index is 0.0210. The minimum Gasteiger partial charge on any atom is -0.325 e. The zero-order chi connectivity index (χ0) is 14.1. The van der Waals surface area contributed by atoms with E-state index in [1.165, 1.54) is 16.0 Å². The quantitative estimate of drug-likeness (QED) is 0.904. The van der Waals surface area contributed by atoms with Gasteiger partial charge in [-0.05, 0) is 49.6 Å². The molecule has 1 N–H and O–H groups in total. The summed E-state index contributed by atoms with van der Waals surface area (Å²) in [6.45, 7) is 4.11. The molecule has 102 valence electrons. The standard InChI is InChI=1S/C17H17NOS/c1-11-4-3-5-14(8-11)18-17(19)16-10-13-7-6-12(2)9-15(13)20-16/h3-9,16H,10H2,1-2H3,(H,18,19)/t16-/m1/s1. The molecule has 2 aromatic carbocycles. The number of hydrogen-bond donors (Lipinski definition) is 1. The van der Waals surface area contributed by atoms with E-state index in [0.717, 1.165) is 17.7 Å². The number of anilines is 1. The molecule has 20 heavy (non-hydrogen) atoms. The molecule has 2 nitrogen and oxygen atoms in total. The van der Waals surface area contributed by atoms with Crippen molar-refractivity contribution in [2.45, 2.75) is 30.4 Å². The first kappa shape index (κ1) is 13.3. The SMILES string of the molecule is Cc1cccc(NC(=O)[C@H]2Cc3ccc(C)cc3S2)c1. The molecular formula is C17H17NOS. The van der Waals surface area contributed by atoms with Crippen molar-refractivity contribution in [2.24, 2.45) is 0 Å². The van der Waals surface area contributed by atoms with Crippen LogP contribution in [0.1, 0.15) is 16.7 Å². The van der Waals surface area contributed by atoms with Crippen LogP contribution in [0.25, 0.3) is 0 Å². The molecule has 2 aromatic rings. The second-order valence-corrected chi connectivity index (χ2v) is 6.53. The van der Waals surface area contributed by atoms with E-state index in [1.54, 1.807) is 11.8 Å². The Morgan fingerprint density at radius 3 is 2.75 bits per heavy atom. The number of amides is 1. The van der Waals surface area contributed by atoms with E-state index < -0.39 is 0 Å². The largest absolute Gasteiger partial charge is 0.325 e. The van der Waals surface area contributed by atoms with Gasteiger partial charge in [-0.2, -0.15) is 0 Å². The van der Waals surface area contributed by atoms with E-state index in [1.807, 2.05) is 31.2 Å². The highest BCUT2D eigenvalue weighted by molar-refractivity contribution is 8.01. The first-order chi connectivity index (χ1) is 9.61. The Labute approximate surface area is 123 Å². The van der Waals surface area contributed by atoms with E-state index in [9.17, 15) is 4.79 Å². The van der Waals surface area contributed by atoms with Crippen LogP contribution in [0.2, 0.25) is 0 Å². The Morgan fingerprint density at radius 2 is 1.95 bits per heavy atom. The second-order valence-electron chi connectivity index (χ2n) is 5.28. The van der Waals surface area contributed by atoms with Crippen LogP contribution in [0.15, 0.2) is 47.4 Å². The predicted octanol–water partition coefficient (Wildman–Crippen LogP) is 3.96. The molecule has 1 amide bonds. The third-order valence-corrected chi connectivity index (χ3v) is 4.77. The molecule has 0 spiro atoms. The predicted molar refractivity (Wildman–Crippen MR) is 84.3 cm³/mol. The molecule has 1 aliphatic rings. The van der Waals surface area contributed by atoms with Gasteiger partial charge < -0.3 is 5.32 Å². The van der Waals surface area contributed by atoms with Crippen LogP contribution in [0.5, 0.6) is 0 Å². The van der Waals surface area contributed by atoms with Crippen molar-refractivity contribution in [1.82, 2.24) is 0 Å². The lowest BCUT2D eigenvalue weighted by Gasteiger charge is -2.10. The number of nitrogens with one attached hydrogen (secondary N) is 1. The maximum Gasteiger partial charge on any atom is 0.238 e. The van der Waals surface area contributed by atoms with Crippen molar-refractivity contribution in [3.05, 3.63) is 59.2 Å². The Balaban J connectivity index is 1.71. The normalized spacial score (nSPS) is 16.8. The number of benzene rings is 2. The van der Waals surface area contributed by atoms with Gasteiger partial charge in [0.25, 0.3) is 0 Å². The molecule has 0 radical (unpaired) electrons. The highest BCUT2D eigenvalue weighted by Crippen LogP contribution is 2.38. The Bertz CT molecular complexity index is 666. The number of carbonyl (C=O) groups is 1. The van der Waals surface area contributed by atoms with Gasteiger partial charge in [-0.25, -0.2) is 0 Å². The summed E-state index contributed by atoms with van der Waals surface area (Å²) >= 11 is 1.67. The monoisotopic (exact) mass is 283 g/mol. The summed E-state index contributed by atoms with van der Waals surface area (Å²) in [6, 6.07) is 14.3. The topological polar surface area (TPSA) is 29.1 Å². The fourth-order valence-electron chi connectivity index (χ4n) is 2.43. The van der Waals surface area contributed by atoms with Gasteiger partial charge in [0.2, 0.25) is 5.91 Å². The summed E-state index contributed by atoms with van der Waals surface area (Å²) in [5, 5.41) is 2.99. The van der Waals surface area contributed by atoms with Gasteiger partial charge in [-0.3, -0.25) is 4.79 Å². The smallest absolute Gasteiger partial charge is 0.238 e. The fraction of sp³-hybridized carbons (Fsp3) is 0.235. The number of carbonyl (C=O) groups excluding carboxylic acids is 1. The van der Waals surface area contributed by atoms with E-state index >= 15 is 0 Å². The minimum atomic E-state index is -0.0210. The molecule has 0 unspecified atom stereocenters. The summed E-state index contributed by atoms with van der Waals surface area (Å²) in [6.07, 6.45) is 0.817. The number of thioether (sulfide) groups is 1. The number of hydrogen-bond acceptors (Lipinski definition) is 2. The van der Waals surface area contributed by atoms with Gasteiger partial charge >= 0.3 is 0 Å². The molecule has 0 aliphatic carbocycles. The van der Waals surface area contributed by atoms with Crippen LogP contribution in [-0.2, 0) is 11.2 Å². The molecule has 0 bridgehead atoms.